The second-order valence-corrected chi connectivity index (χ2v) is 8.48. The molecule has 4 rings (SSSR count). The molecule has 2 aromatic carbocycles. The lowest BCUT2D eigenvalue weighted by atomic mass is 9.95. The maximum absolute atomic E-state index is 13.2. The van der Waals surface area contributed by atoms with Crippen LogP contribution in [-0.4, -0.2) is 72.6 Å². The van der Waals surface area contributed by atoms with Crippen molar-refractivity contribution < 1.29 is 24.2 Å². The lowest BCUT2D eigenvalue weighted by Crippen LogP contribution is -2.42. The smallest absolute Gasteiger partial charge is 0.295 e. The molecular formula is C27H30N2O5. The summed E-state index contributed by atoms with van der Waals surface area (Å²) in [6.45, 7) is 9.80. The summed E-state index contributed by atoms with van der Waals surface area (Å²) >= 11 is 0. The van der Waals surface area contributed by atoms with Crippen molar-refractivity contribution in [2.24, 2.45) is 0 Å². The zero-order chi connectivity index (χ0) is 24.1. The van der Waals surface area contributed by atoms with Gasteiger partial charge in [-0.3, -0.25) is 14.5 Å². The molecule has 2 fully saturated rings. The Morgan fingerprint density at radius 1 is 1.15 bits per heavy atom. The minimum atomic E-state index is -0.713. The van der Waals surface area contributed by atoms with Gasteiger partial charge in [-0.2, -0.15) is 0 Å². The fraction of sp³-hybridized carbons (Fsp3) is 0.333. The average molecular weight is 463 g/mol. The third kappa shape index (κ3) is 5.05. The molecule has 0 unspecified atom stereocenters. The Balaban J connectivity index is 1.73. The van der Waals surface area contributed by atoms with Crippen molar-refractivity contribution in [3.8, 4) is 5.75 Å². The molecule has 2 aliphatic rings. The summed E-state index contributed by atoms with van der Waals surface area (Å²) in [5, 5.41) is 11.2. The molecule has 2 aliphatic heterocycles. The molecule has 0 radical (unpaired) electrons. The first kappa shape index (κ1) is 23.7. The molecule has 0 aromatic heterocycles. The summed E-state index contributed by atoms with van der Waals surface area (Å²) in [7, 11) is 0. The Morgan fingerprint density at radius 3 is 2.59 bits per heavy atom. The molecule has 7 heteroatoms. The van der Waals surface area contributed by atoms with Crippen molar-refractivity contribution in [1.29, 1.82) is 0 Å². The van der Waals surface area contributed by atoms with E-state index >= 15 is 0 Å². The summed E-state index contributed by atoms with van der Waals surface area (Å²) in [6, 6.07) is 13.8. The number of carbonyl (C=O) groups is 2. The molecule has 178 valence electrons. The van der Waals surface area contributed by atoms with E-state index in [1.165, 1.54) is 0 Å². The van der Waals surface area contributed by atoms with Gasteiger partial charge in [0.1, 0.15) is 18.1 Å². The van der Waals surface area contributed by atoms with Gasteiger partial charge in [-0.05, 0) is 24.6 Å². The first-order valence-corrected chi connectivity index (χ1v) is 11.5. The van der Waals surface area contributed by atoms with E-state index in [-0.39, 0.29) is 11.3 Å². The lowest BCUT2D eigenvalue weighted by molar-refractivity contribution is -0.140. The van der Waals surface area contributed by atoms with Gasteiger partial charge < -0.3 is 19.5 Å². The normalized spacial score (nSPS) is 20.5. The zero-order valence-corrected chi connectivity index (χ0v) is 19.4. The van der Waals surface area contributed by atoms with Gasteiger partial charge in [-0.15, -0.1) is 0 Å². The topological polar surface area (TPSA) is 79.3 Å². The number of hydrogen-bond donors (Lipinski definition) is 1. The Morgan fingerprint density at radius 2 is 1.88 bits per heavy atom. The predicted octanol–water partition coefficient (Wildman–Crippen LogP) is 3.31. The number of carbonyl (C=O) groups excluding carboxylic acids is 2. The average Bonchev–Trinajstić information content (AvgIpc) is 3.12. The number of benzene rings is 2. The SMILES string of the molecule is C=CCOc1cccc([C@@H]2/C(=C(\O)c3ccc(C)cc3)C(=O)C(=O)N2CCN2CCOCC2)c1. The van der Waals surface area contributed by atoms with Crippen LogP contribution in [0, 0.1) is 6.92 Å². The number of ketones is 1. The molecule has 0 spiro atoms. The van der Waals surface area contributed by atoms with Crippen LogP contribution < -0.4 is 4.74 Å². The number of ether oxygens (including phenoxy) is 2. The minimum Gasteiger partial charge on any atom is -0.507 e. The fourth-order valence-corrected chi connectivity index (χ4v) is 4.33. The summed E-state index contributed by atoms with van der Waals surface area (Å²) in [5.74, 6) is -0.854. The van der Waals surface area contributed by atoms with Crippen molar-refractivity contribution in [1.82, 2.24) is 9.80 Å². The van der Waals surface area contributed by atoms with Crippen molar-refractivity contribution in [3.63, 3.8) is 0 Å². The number of aliphatic hydroxyl groups is 1. The van der Waals surface area contributed by atoms with Gasteiger partial charge in [-0.25, -0.2) is 0 Å². The van der Waals surface area contributed by atoms with E-state index in [1.807, 2.05) is 43.3 Å². The van der Waals surface area contributed by atoms with E-state index in [1.54, 1.807) is 23.1 Å². The number of aliphatic hydroxyl groups excluding tert-OH is 1. The van der Waals surface area contributed by atoms with Crippen LogP contribution in [0.1, 0.15) is 22.7 Å². The quantitative estimate of drug-likeness (QED) is 0.281. The van der Waals surface area contributed by atoms with Crippen molar-refractivity contribution in [3.05, 3.63) is 83.4 Å². The van der Waals surface area contributed by atoms with Gasteiger partial charge in [0.25, 0.3) is 11.7 Å². The van der Waals surface area contributed by atoms with E-state index < -0.39 is 17.7 Å². The number of rotatable bonds is 8. The number of amides is 1. The summed E-state index contributed by atoms with van der Waals surface area (Å²) in [6.07, 6.45) is 1.65. The molecule has 7 nitrogen and oxygen atoms in total. The third-order valence-corrected chi connectivity index (χ3v) is 6.17. The van der Waals surface area contributed by atoms with Crippen molar-refractivity contribution in [2.45, 2.75) is 13.0 Å². The Kier molecular flexibility index (Phi) is 7.45. The Labute approximate surface area is 199 Å². The lowest BCUT2D eigenvalue weighted by Gasteiger charge is -2.31. The fourth-order valence-electron chi connectivity index (χ4n) is 4.33. The van der Waals surface area contributed by atoms with Crippen molar-refractivity contribution in [2.75, 3.05) is 46.0 Å². The van der Waals surface area contributed by atoms with E-state index in [2.05, 4.69) is 11.5 Å². The molecule has 0 aliphatic carbocycles. The van der Waals surface area contributed by atoms with Gasteiger partial charge in [-0.1, -0.05) is 54.6 Å². The molecule has 2 aromatic rings. The van der Waals surface area contributed by atoms with Crippen LogP contribution in [0.15, 0.2) is 66.8 Å². The molecule has 1 N–H and O–H groups in total. The van der Waals surface area contributed by atoms with Crippen LogP contribution in [0.2, 0.25) is 0 Å². The van der Waals surface area contributed by atoms with Crippen LogP contribution in [0.5, 0.6) is 5.75 Å². The number of hydrogen-bond acceptors (Lipinski definition) is 6. The van der Waals surface area contributed by atoms with Crippen LogP contribution in [0.3, 0.4) is 0 Å². The van der Waals surface area contributed by atoms with Crippen LogP contribution >= 0.6 is 0 Å². The summed E-state index contributed by atoms with van der Waals surface area (Å²) < 4.78 is 11.1. The van der Waals surface area contributed by atoms with E-state index in [9.17, 15) is 14.7 Å². The van der Waals surface area contributed by atoms with Gasteiger partial charge in [0.2, 0.25) is 0 Å². The highest BCUT2D eigenvalue weighted by atomic mass is 16.5. The predicted molar refractivity (Wildman–Crippen MR) is 130 cm³/mol. The van der Waals surface area contributed by atoms with Crippen LogP contribution in [0.25, 0.3) is 5.76 Å². The number of morpholine rings is 1. The second kappa shape index (κ2) is 10.7. The number of Topliss-reactive ketones (excluding diaryl/α,β-unsaturated/α-hetero) is 1. The first-order chi connectivity index (χ1) is 16.5. The van der Waals surface area contributed by atoms with Crippen LogP contribution in [0.4, 0.5) is 0 Å². The van der Waals surface area contributed by atoms with Gasteiger partial charge in [0, 0.05) is 31.7 Å². The third-order valence-electron chi connectivity index (χ3n) is 6.17. The van der Waals surface area contributed by atoms with E-state index in [0.29, 0.717) is 49.8 Å². The van der Waals surface area contributed by atoms with Gasteiger partial charge in [0.15, 0.2) is 0 Å². The highest BCUT2D eigenvalue weighted by Crippen LogP contribution is 2.40. The molecule has 34 heavy (non-hydrogen) atoms. The van der Waals surface area contributed by atoms with Crippen LogP contribution in [-0.2, 0) is 14.3 Å². The van der Waals surface area contributed by atoms with Gasteiger partial charge in [0.05, 0.1) is 24.8 Å². The molecule has 1 atom stereocenters. The highest BCUT2D eigenvalue weighted by molar-refractivity contribution is 6.46. The minimum absolute atomic E-state index is 0.0942. The molecule has 1 amide bonds. The first-order valence-electron chi connectivity index (χ1n) is 11.5. The second-order valence-electron chi connectivity index (χ2n) is 8.48. The Bertz CT molecular complexity index is 1090. The number of likely N-dealkylation sites (tertiary alicyclic amines) is 1. The Hall–Kier alpha value is -3.42. The molecular weight excluding hydrogens is 432 g/mol. The molecule has 0 bridgehead atoms. The highest BCUT2D eigenvalue weighted by Gasteiger charge is 2.46. The molecule has 2 heterocycles. The molecule has 0 saturated carbocycles. The zero-order valence-electron chi connectivity index (χ0n) is 19.4. The standard InChI is InChI=1S/C27H30N2O5/c1-3-15-34-22-6-4-5-21(18-22)24-23(25(30)20-9-7-19(2)8-10-20)26(31)27(32)29(24)12-11-28-13-16-33-17-14-28/h3-10,18,24,30H,1,11-17H2,2H3/b25-23+/t24-/m1/s1. The largest absolute Gasteiger partial charge is 0.507 e. The summed E-state index contributed by atoms with van der Waals surface area (Å²) in [5.41, 5.74) is 2.33. The number of aryl methyl sites for hydroxylation is 1. The maximum Gasteiger partial charge on any atom is 0.295 e. The van der Waals surface area contributed by atoms with Gasteiger partial charge >= 0.3 is 0 Å². The monoisotopic (exact) mass is 462 g/mol. The maximum atomic E-state index is 13.2. The van der Waals surface area contributed by atoms with E-state index in [0.717, 1.165) is 18.7 Å². The molecule has 2 saturated heterocycles. The van der Waals surface area contributed by atoms with E-state index in [4.69, 9.17) is 9.47 Å². The summed E-state index contributed by atoms with van der Waals surface area (Å²) in [4.78, 5) is 30.1. The van der Waals surface area contributed by atoms with Crippen molar-refractivity contribution >= 4 is 17.4 Å². The number of nitrogens with zero attached hydrogens (tertiary/aromatic N) is 2.